The molecule has 0 spiro atoms. The van der Waals surface area contributed by atoms with E-state index in [2.05, 4.69) is 27.9 Å². The number of likely N-dealkylation sites (tertiary alicyclic amines) is 1. The number of halogens is 1. The van der Waals surface area contributed by atoms with Crippen LogP contribution in [0.4, 0.5) is 10.5 Å². The summed E-state index contributed by atoms with van der Waals surface area (Å²) in [4.78, 5) is 27.6. The highest BCUT2D eigenvalue weighted by atomic mass is 127. The minimum atomic E-state index is -0.138. The topological polar surface area (TPSA) is 52.7 Å². The molecule has 3 amide bonds. The molecule has 114 valence electrons. The van der Waals surface area contributed by atoms with E-state index in [1.165, 1.54) is 0 Å². The van der Waals surface area contributed by atoms with Gasteiger partial charge < -0.3 is 15.1 Å². The number of nitrogens with zero attached hydrogens (tertiary/aromatic N) is 2. The average molecular weight is 401 g/mol. The van der Waals surface area contributed by atoms with Gasteiger partial charge in [-0.05, 0) is 53.6 Å². The number of amides is 3. The third kappa shape index (κ3) is 4.33. The zero-order valence-corrected chi connectivity index (χ0v) is 14.5. The molecule has 1 atom stereocenters. The van der Waals surface area contributed by atoms with Crippen molar-refractivity contribution in [2.45, 2.75) is 12.8 Å². The molecule has 1 fully saturated rings. The number of hydrogen-bond donors (Lipinski definition) is 1. The van der Waals surface area contributed by atoms with E-state index >= 15 is 0 Å². The molecule has 1 N–H and O–H groups in total. The Hall–Kier alpha value is -1.31. The van der Waals surface area contributed by atoms with Gasteiger partial charge in [0, 0.05) is 36.4 Å². The van der Waals surface area contributed by atoms with Crippen LogP contribution in [-0.2, 0) is 4.79 Å². The highest BCUT2D eigenvalue weighted by Crippen LogP contribution is 2.20. The molecule has 21 heavy (non-hydrogen) atoms. The third-order valence-corrected chi connectivity index (χ3v) is 4.21. The number of hydrogen-bond acceptors (Lipinski definition) is 2. The van der Waals surface area contributed by atoms with Crippen LogP contribution in [-0.4, -0.2) is 48.9 Å². The molecule has 1 aromatic rings. The number of nitrogens with one attached hydrogen (secondary N) is 1. The lowest BCUT2D eigenvalue weighted by molar-refractivity contribution is -0.121. The Morgan fingerprint density at radius 2 is 2.14 bits per heavy atom. The number of anilines is 1. The van der Waals surface area contributed by atoms with Crippen molar-refractivity contribution >= 4 is 40.2 Å². The van der Waals surface area contributed by atoms with E-state index in [4.69, 9.17) is 0 Å². The molecule has 0 radical (unpaired) electrons. The fourth-order valence-electron chi connectivity index (χ4n) is 2.46. The molecule has 6 heteroatoms. The van der Waals surface area contributed by atoms with Crippen LogP contribution >= 0.6 is 22.6 Å². The number of piperidine rings is 1. The summed E-state index contributed by atoms with van der Waals surface area (Å²) in [5, 5.41) is 2.95. The Morgan fingerprint density at radius 1 is 1.38 bits per heavy atom. The van der Waals surface area contributed by atoms with Gasteiger partial charge in [-0.15, -0.1) is 0 Å². The summed E-state index contributed by atoms with van der Waals surface area (Å²) in [5.74, 6) is -0.145. The van der Waals surface area contributed by atoms with Crippen molar-refractivity contribution in [3.05, 3.63) is 27.8 Å². The van der Waals surface area contributed by atoms with Crippen molar-refractivity contribution in [3.63, 3.8) is 0 Å². The molecule has 0 bridgehead atoms. The molecule has 1 aliphatic rings. The smallest absolute Gasteiger partial charge is 0.319 e. The first-order chi connectivity index (χ1) is 9.97. The molecular weight excluding hydrogens is 381 g/mol. The molecule has 0 aliphatic carbocycles. The van der Waals surface area contributed by atoms with Gasteiger partial charge in [0.25, 0.3) is 0 Å². The summed E-state index contributed by atoms with van der Waals surface area (Å²) in [6.07, 6.45) is 1.69. The predicted molar refractivity (Wildman–Crippen MR) is 91.2 cm³/mol. The summed E-state index contributed by atoms with van der Waals surface area (Å²) in [6, 6.07) is 7.69. The largest absolute Gasteiger partial charge is 0.331 e. The molecule has 0 saturated carbocycles. The Labute approximate surface area is 138 Å². The van der Waals surface area contributed by atoms with Gasteiger partial charge >= 0.3 is 6.03 Å². The van der Waals surface area contributed by atoms with Gasteiger partial charge in [0.15, 0.2) is 0 Å². The maximum atomic E-state index is 12.4. The number of carbonyl (C=O) groups excluding carboxylic acids is 2. The van der Waals surface area contributed by atoms with E-state index in [1.54, 1.807) is 23.9 Å². The van der Waals surface area contributed by atoms with E-state index in [0.29, 0.717) is 6.54 Å². The van der Waals surface area contributed by atoms with Gasteiger partial charge in [0.1, 0.15) is 0 Å². The number of urea groups is 1. The first kappa shape index (κ1) is 16.1. The average Bonchev–Trinajstić information content (AvgIpc) is 2.46. The van der Waals surface area contributed by atoms with E-state index in [1.807, 2.05) is 24.3 Å². The fraction of sp³-hybridized carbons (Fsp3) is 0.467. The lowest BCUT2D eigenvalue weighted by Gasteiger charge is -2.33. The lowest BCUT2D eigenvalue weighted by atomic mass is 9.97. The van der Waals surface area contributed by atoms with Gasteiger partial charge in [-0.3, -0.25) is 4.79 Å². The summed E-state index contributed by atoms with van der Waals surface area (Å²) in [6.45, 7) is 1.22. The van der Waals surface area contributed by atoms with Crippen LogP contribution < -0.4 is 5.32 Å². The molecule has 1 heterocycles. The molecule has 1 saturated heterocycles. The van der Waals surface area contributed by atoms with Crippen molar-refractivity contribution in [3.8, 4) is 0 Å². The van der Waals surface area contributed by atoms with Crippen LogP contribution in [0.25, 0.3) is 0 Å². The monoisotopic (exact) mass is 401 g/mol. The van der Waals surface area contributed by atoms with Gasteiger partial charge in [-0.1, -0.05) is 6.07 Å². The van der Waals surface area contributed by atoms with Crippen LogP contribution in [0.15, 0.2) is 24.3 Å². The Morgan fingerprint density at radius 3 is 2.81 bits per heavy atom. The maximum absolute atomic E-state index is 12.4. The minimum absolute atomic E-state index is 0.00624. The fourth-order valence-corrected chi connectivity index (χ4v) is 3.00. The van der Waals surface area contributed by atoms with Crippen molar-refractivity contribution in [2.24, 2.45) is 5.92 Å². The number of carbonyl (C=O) groups is 2. The van der Waals surface area contributed by atoms with Crippen LogP contribution in [0, 0.1) is 9.49 Å². The van der Waals surface area contributed by atoms with Gasteiger partial charge in [-0.25, -0.2) is 4.79 Å². The molecular formula is C15H20IN3O2. The van der Waals surface area contributed by atoms with Gasteiger partial charge in [0.05, 0.1) is 5.92 Å². The summed E-state index contributed by atoms with van der Waals surface area (Å²) in [5.41, 5.74) is 0.808. The van der Waals surface area contributed by atoms with E-state index in [0.717, 1.165) is 28.6 Å². The highest BCUT2D eigenvalue weighted by molar-refractivity contribution is 14.1. The third-order valence-electron chi connectivity index (χ3n) is 3.54. The standard InChI is InChI=1S/C15H20IN3O2/c1-18(2)15(21)19-8-4-5-11(10-19)14(20)17-13-7-3-6-12(16)9-13/h3,6-7,9,11H,4-5,8,10H2,1-2H3,(H,17,20)/t11-/m0/s1. The van der Waals surface area contributed by atoms with Crippen LogP contribution in [0.3, 0.4) is 0 Å². The second kappa shape index (κ2) is 7.11. The lowest BCUT2D eigenvalue weighted by Crippen LogP contribution is -2.47. The van der Waals surface area contributed by atoms with Crippen molar-refractivity contribution in [2.75, 3.05) is 32.5 Å². The molecule has 5 nitrogen and oxygen atoms in total. The zero-order valence-electron chi connectivity index (χ0n) is 12.3. The molecule has 2 rings (SSSR count). The van der Waals surface area contributed by atoms with Gasteiger partial charge in [-0.2, -0.15) is 0 Å². The molecule has 0 aromatic heterocycles. The second-order valence-corrected chi connectivity index (χ2v) is 6.71. The van der Waals surface area contributed by atoms with Crippen LogP contribution in [0.1, 0.15) is 12.8 Å². The Bertz CT molecular complexity index is 533. The Balaban J connectivity index is 1.97. The molecule has 0 unspecified atom stereocenters. The summed E-state index contributed by atoms with van der Waals surface area (Å²) >= 11 is 2.22. The van der Waals surface area contributed by atoms with Crippen LogP contribution in [0.2, 0.25) is 0 Å². The van der Waals surface area contributed by atoms with E-state index < -0.39 is 0 Å². The molecule has 1 aromatic carbocycles. The van der Waals surface area contributed by atoms with E-state index in [-0.39, 0.29) is 17.9 Å². The molecule has 1 aliphatic heterocycles. The predicted octanol–water partition coefficient (Wildman–Crippen LogP) is 2.62. The minimum Gasteiger partial charge on any atom is -0.331 e. The summed E-state index contributed by atoms with van der Waals surface area (Å²) in [7, 11) is 3.47. The summed E-state index contributed by atoms with van der Waals surface area (Å²) < 4.78 is 1.08. The quantitative estimate of drug-likeness (QED) is 0.775. The number of benzene rings is 1. The van der Waals surface area contributed by atoms with Crippen molar-refractivity contribution in [1.82, 2.24) is 9.80 Å². The Kier molecular flexibility index (Phi) is 5.44. The maximum Gasteiger partial charge on any atom is 0.319 e. The van der Waals surface area contributed by atoms with Crippen molar-refractivity contribution < 1.29 is 9.59 Å². The normalized spacial score (nSPS) is 18.2. The SMILES string of the molecule is CN(C)C(=O)N1CCC[C@H](C(=O)Nc2cccc(I)c2)C1. The highest BCUT2D eigenvalue weighted by Gasteiger charge is 2.29. The van der Waals surface area contributed by atoms with Crippen LogP contribution in [0.5, 0.6) is 0 Å². The first-order valence-corrected chi connectivity index (χ1v) is 8.08. The van der Waals surface area contributed by atoms with E-state index in [9.17, 15) is 9.59 Å². The number of rotatable bonds is 2. The zero-order chi connectivity index (χ0) is 15.4. The first-order valence-electron chi connectivity index (χ1n) is 7.00. The second-order valence-electron chi connectivity index (χ2n) is 5.46. The van der Waals surface area contributed by atoms with Gasteiger partial charge in [0.2, 0.25) is 5.91 Å². The van der Waals surface area contributed by atoms with Crippen molar-refractivity contribution in [1.29, 1.82) is 0 Å².